The van der Waals surface area contributed by atoms with Gasteiger partial charge in [0.05, 0.1) is 0 Å². The maximum absolute atomic E-state index is 11.5. The molecule has 0 saturated heterocycles. The fraction of sp³-hybridized carbons (Fsp3) is 0.929. The Bertz CT molecular complexity index is 262. The third kappa shape index (κ3) is 4.57. The fourth-order valence-electron chi connectivity index (χ4n) is 2.56. The smallest absolute Gasteiger partial charge is 0.407 e. The Labute approximate surface area is 104 Å². The van der Waals surface area contributed by atoms with Crippen molar-refractivity contribution in [3.8, 4) is 0 Å². The molecule has 1 N–H and O–H groups in total. The molecule has 2 aliphatic carbocycles. The van der Waals surface area contributed by atoms with Gasteiger partial charge in [-0.2, -0.15) is 0 Å². The normalized spacial score (nSPS) is 20.5. The Kier molecular flexibility index (Phi) is 3.64. The van der Waals surface area contributed by atoms with E-state index in [-0.39, 0.29) is 6.09 Å². The minimum absolute atomic E-state index is 0.275. The Morgan fingerprint density at radius 2 is 1.76 bits per heavy atom. The third-order valence-electron chi connectivity index (χ3n) is 3.60. The van der Waals surface area contributed by atoms with E-state index in [4.69, 9.17) is 4.74 Å². The minimum Gasteiger partial charge on any atom is -0.444 e. The van der Waals surface area contributed by atoms with Gasteiger partial charge < -0.3 is 10.1 Å². The lowest BCUT2D eigenvalue weighted by molar-refractivity contribution is 0.0523. The summed E-state index contributed by atoms with van der Waals surface area (Å²) in [6, 6.07) is 0. The minimum atomic E-state index is -0.392. The standard InChI is InChI=1S/C14H25NO2/c1-14(2,3)17-13(16)15-9-8-12(10-4-5-10)11-6-7-11/h10-12H,4-9H2,1-3H3,(H,15,16). The summed E-state index contributed by atoms with van der Waals surface area (Å²) in [5.74, 6) is 2.79. The number of ether oxygens (including phenoxy) is 1. The molecular weight excluding hydrogens is 214 g/mol. The number of amides is 1. The summed E-state index contributed by atoms with van der Waals surface area (Å²) in [6.45, 7) is 6.45. The molecule has 2 aliphatic rings. The lowest BCUT2D eigenvalue weighted by Gasteiger charge is -2.20. The number of carbonyl (C=O) groups excluding carboxylic acids is 1. The van der Waals surface area contributed by atoms with Crippen LogP contribution in [0.4, 0.5) is 4.79 Å². The van der Waals surface area contributed by atoms with E-state index in [1.165, 1.54) is 25.7 Å². The number of alkyl carbamates (subject to hydrolysis) is 1. The van der Waals surface area contributed by atoms with Crippen molar-refractivity contribution in [3.63, 3.8) is 0 Å². The molecule has 1 amide bonds. The average molecular weight is 239 g/mol. The van der Waals surface area contributed by atoms with Crippen molar-refractivity contribution in [2.75, 3.05) is 6.54 Å². The van der Waals surface area contributed by atoms with E-state index < -0.39 is 5.60 Å². The van der Waals surface area contributed by atoms with E-state index >= 15 is 0 Å². The van der Waals surface area contributed by atoms with Crippen LogP contribution in [-0.2, 0) is 4.74 Å². The molecule has 0 heterocycles. The molecular formula is C14H25NO2. The maximum atomic E-state index is 11.5. The summed E-state index contributed by atoms with van der Waals surface area (Å²) in [5.41, 5.74) is -0.392. The first-order valence-electron chi connectivity index (χ1n) is 6.92. The Morgan fingerprint density at radius 1 is 1.24 bits per heavy atom. The van der Waals surface area contributed by atoms with Crippen LogP contribution < -0.4 is 5.32 Å². The predicted octanol–water partition coefficient (Wildman–Crippen LogP) is 3.34. The molecule has 0 bridgehead atoms. The van der Waals surface area contributed by atoms with Gasteiger partial charge in [0.2, 0.25) is 0 Å². The van der Waals surface area contributed by atoms with Crippen molar-refractivity contribution in [2.45, 2.75) is 58.5 Å². The van der Waals surface area contributed by atoms with E-state index in [1.807, 2.05) is 20.8 Å². The number of carbonyl (C=O) groups is 1. The van der Waals surface area contributed by atoms with Crippen LogP contribution in [0.1, 0.15) is 52.9 Å². The van der Waals surface area contributed by atoms with E-state index in [9.17, 15) is 4.79 Å². The highest BCUT2D eigenvalue weighted by molar-refractivity contribution is 5.67. The molecule has 3 nitrogen and oxygen atoms in total. The van der Waals surface area contributed by atoms with E-state index in [2.05, 4.69) is 5.32 Å². The fourth-order valence-corrected chi connectivity index (χ4v) is 2.56. The van der Waals surface area contributed by atoms with Crippen molar-refractivity contribution < 1.29 is 9.53 Å². The lowest BCUT2D eigenvalue weighted by atomic mass is 9.94. The molecule has 2 saturated carbocycles. The SMILES string of the molecule is CC(C)(C)OC(=O)NCCC(C1CC1)C1CC1. The second kappa shape index (κ2) is 4.87. The highest BCUT2D eigenvalue weighted by atomic mass is 16.6. The van der Waals surface area contributed by atoms with Gasteiger partial charge in [-0.3, -0.25) is 0 Å². The molecule has 0 spiro atoms. The topological polar surface area (TPSA) is 38.3 Å². The highest BCUT2D eigenvalue weighted by Crippen LogP contribution is 2.50. The molecule has 17 heavy (non-hydrogen) atoms. The van der Waals surface area contributed by atoms with Crippen LogP contribution in [0.15, 0.2) is 0 Å². The predicted molar refractivity (Wildman–Crippen MR) is 67.8 cm³/mol. The summed E-state index contributed by atoms with van der Waals surface area (Å²) in [6.07, 6.45) is 6.50. The van der Waals surface area contributed by atoms with Gasteiger partial charge in [-0.15, -0.1) is 0 Å². The summed E-state index contributed by atoms with van der Waals surface area (Å²) >= 11 is 0. The highest BCUT2D eigenvalue weighted by Gasteiger charge is 2.40. The molecule has 2 fully saturated rings. The molecule has 98 valence electrons. The average Bonchev–Trinajstić information content (AvgIpc) is 3.01. The second-order valence-electron chi connectivity index (χ2n) is 6.56. The van der Waals surface area contributed by atoms with Gasteiger partial charge in [0.15, 0.2) is 0 Å². The number of nitrogens with one attached hydrogen (secondary N) is 1. The monoisotopic (exact) mass is 239 g/mol. The van der Waals surface area contributed by atoms with Gasteiger partial charge in [-0.25, -0.2) is 4.79 Å². The van der Waals surface area contributed by atoms with Gasteiger partial charge in [-0.1, -0.05) is 0 Å². The van der Waals surface area contributed by atoms with Gasteiger partial charge in [0.1, 0.15) is 5.60 Å². The van der Waals surface area contributed by atoms with Crippen LogP contribution in [0.25, 0.3) is 0 Å². The first-order valence-corrected chi connectivity index (χ1v) is 6.92. The molecule has 0 radical (unpaired) electrons. The summed E-state index contributed by atoms with van der Waals surface area (Å²) in [4.78, 5) is 11.5. The van der Waals surface area contributed by atoms with E-state index in [0.29, 0.717) is 0 Å². The maximum Gasteiger partial charge on any atom is 0.407 e. The van der Waals surface area contributed by atoms with Gasteiger partial charge in [0, 0.05) is 6.54 Å². The largest absolute Gasteiger partial charge is 0.444 e. The molecule has 0 aromatic carbocycles. The van der Waals surface area contributed by atoms with Crippen LogP contribution in [0, 0.1) is 17.8 Å². The summed E-state index contributed by atoms with van der Waals surface area (Å²) < 4.78 is 5.22. The van der Waals surface area contributed by atoms with Crippen molar-refractivity contribution in [1.29, 1.82) is 0 Å². The molecule has 0 atom stereocenters. The molecule has 0 aromatic heterocycles. The first kappa shape index (κ1) is 12.7. The summed E-state index contributed by atoms with van der Waals surface area (Å²) in [7, 11) is 0. The number of hydrogen-bond acceptors (Lipinski definition) is 2. The van der Waals surface area contributed by atoms with Crippen LogP contribution in [0.2, 0.25) is 0 Å². The number of hydrogen-bond donors (Lipinski definition) is 1. The Hall–Kier alpha value is -0.730. The van der Waals surface area contributed by atoms with Crippen molar-refractivity contribution >= 4 is 6.09 Å². The quantitative estimate of drug-likeness (QED) is 0.799. The van der Waals surface area contributed by atoms with Crippen molar-refractivity contribution in [2.24, 2.45) is 17.8 Å². The Morgan fingerprint density at radius 3 is 2.18 bits per heavy atom. The van der Waals surface area contributed by atoms with Gasteiger partial charge in [-0.05, 0) is 70.6 Å². The lowest BCUT2D eigenvalue weighted by Crippen LogP contribution is -2.33. The van der Waals surface area contributed by atoms with Crippen molar-refractivity contribution in [3.05, 3.63) is 0 Å². The molecule has 0 aliphatic heterocycles. The zero-order valence-electron chi connectivity index (χ0n) is 11.3. The zero-order chi connectivity index (χ0) is 12.5. The van der Waals surface area contributed by atoms with Crippen molar-refractivity contribution in [1.82, 2.24) is 5.32 Å². The summed E-state index contributed by atoms with van der Waals surface area (Å²) in [5, 5.41) is 2.87. The van der Waals surface area contributed by atoms with Crippen LogP contribution in [-0.4, -0.2) is 18.2 Å². The van der Waals surface area contributed by atoms with Gasteiger partial charge in [0.25, 0.3) is 0 Å². The van der Waals surface area contributed by atoms with Crippen LogP contribution in [0.5, 0.6) is 0 Å². The Balaban J connectivity index is 1.62. The molecule has 0 aromatic rings. The van der Waals surface area contributed by atoms with Crippen LogP contribution in [0.3, 0.4) is 0 Å². The molecule has 2 rings (SSSR count). The zero-order valence-corrected chi connectivity index (χ0v) is 11.3. The van der Waals surface area contributed by atoms with Gasteiger partial charge >= 0.3 is 6.09 Å². The van der Waals surface area contributed by atoms with Crippen LogP contribution >= 0.6 is 0 Å². The van der Waals surface area contributed by atoms with E-state index in [1.54, 1.807) is 0 Å². The second-order valence-corrected chi connectivity index (χ2v) is 6.56. The van der Waals surface area contributed by atoms with E-state index in [0.717, 1.165) is 30.7 Å². The number of rotatable bonds is 5. The first-order chi connectivity index (χ1) is 7.96. The molecule has 3 heteroatoms. The third-order valence-corrected chi connectivity index (χ3v) is 3.60. The molecule has 0 unspecified atom stereocenters.